The molecule has 12 heavy (non-hydrogen) atoms. The minimum atomic E-state index is -0.533. The quantitative estimate of drug-likeness (QED) is 0.593. The number of rotatable bonds is 2. The van der Waals surface area contributed by atoms with Crippen molar-refractivity contribution < 1.29 is 14.3 Å². The lowest BCUT2D eigenvalue weighted by molar-refractivity contribution is 0.0589. The standard InChI is InChI=1S/C7H8N2O3/c1-11-5-3-8-4-9-6(5)7(10)12-2/h3-4H,1-2H3. The van der Waals surface area contributed by atoms with Gasteiger partial charge in [-0.25, -0.2) is 14.8 Å². The summed E-state index contributed by atoms with van der Waals surface area (Å²) in [7, 11) is 2.72. The van der Waals surface area contributed by atoms with E-state index < -0.39 is 5.97 Å². The van der Waals surface area contributed by atoms with Crippen molar-refractivity contribution in [1.82, 2.24) is 9.97 Å². The van der Waals surface area contributed by atoms with Crippen LogP contribution in [0.15, 0.2) is 12.5 Å². The average molecular weight is 168 g/mol. The molecule has 0 aromatic carbocycles. The van der Waals surface area contributed by atoms with Gasteiger partial charge in [0, 0.05) is 0 Å². The van der Waals surface area contributed by atoms with Gasteiger partial charge in [-0.2, -0.15) is 0 Å². The Bertz CT molecular complexity index is 288. The molecule has 0 saturated heterocycles. The second-order valence-electron chi connectivity index (χ2n) is 1.93. The van der Waals surface area contributed by atoms with Crippen LogP contribution in [0.3, 0.4) is 0 Å². The van der Waals surface area contributed by atoms with E-state index in [1.165, 1.54) is 26.7 Å². The van der Waals surface area contributed by atoms with Crippen LogP contribution in [0.2, 0.25) is 0 Å². The number of nitrogens with zero attached hydrogens (tertiary/aromatic N) is 2. The van der Waals surface area contributed by atoms with Gasteiger partial charge in [-0.15, -0.1) is 0 Å². The molecule has 0 aliphatic rings. The van der Waals surface area contributed by atoms with Gasteiger partial charge in [0.2, 0.25) is 0 Å². The molecule has 0 bridgehead atoms. The summed E-state index contributed by atoms with van der Waals surface area (Å²) in [4.78, 5) is 18.4. The number of carbonyl (C=O) groups is 1. The van der Waals surface area contributed by atoms with Gasteiger partial charge in [-0.05, 0) is 0 Å². The molecule has 1 heterocycles. The van der Waals surface area contributed by atoms with Gasteiger partial charge in [0.15, 0.2) is 11.4 Å². The molecule has 0 aliphatic carbocycles. The van der Waals surface area contributed by atoms with Crippen LogP contribution in [-0.2, 0) is 4.74 Å². The number of methoxy groups -OCH3 is 2. The van der Waals surface area contributed by atoms with Crippen molar-refractivity contribution in [1.29, 1.82) is 0 Å². The molecule has 0 saturated carbocycles. The fraction of sp³-hybridized carbons (Fsp3) is 0.286. The Morgan fingerprint density at radius 2 is 2.25 bits per heavy atom. The van der Waals surface area contributed by atoms with Gasteiger partial charge < -0.3 is 9.47 Å². The van der Waals surface area contributed by atoms with E-state index in [2.05, 4.69) is 14.7 Å². The third-order valence-electron chi connectivity index (χ3n) is 1.28. The molecule has 0 N–H and O–H groups in total. The van der Waals surface area contributed by atoms with Gasteiger partial charge in [0.1, 0.15) is 6.33 Å². The highest BCUT2D eigenvalue weighted by atomic mass is 16.5. The second-order valence-corrected chi connectivity index (χ2v) is 1.93. The zero-order valence-electron chi connectivity index (χ0n) is 6.77. The molecular formula is C7H8N2O3. The van der Waals surface area contributed by atoms with Gasteiger partial charge in [0.05, 0.1) is 20.4 Å². The van der Waals surface area contributed by atoms with Crippen LogP contribution in [0.1, 0.15) is 10.5 Å². The van der Waals surface area contributed by atoms with Gasteiger partial charge in [-0.1, -0.05) is 0 Å². The summed E-state index contributed by atoms with van der Waals surface area (Å²) in [5.41, 5.74) is 0.134. The van der Waals surface area contributed by atoms with Crippen LogP contribution in [0, 0.1) is 0 Å². The van der Waals surface area contributed by atoms with E-state index in [1.807, 2.05) is 0 Å². The predicted octanol–water partition coefficient (Wildman–Crippen LogP) is 0.272. The van der Waals surface area contributed by atoms with E-state index in [-0.39, 0.29) is 5.69 Å². The van der Waals surface area contributed by atoms with E-state index >= 15 is 0 Å². The van der Waals surface area contributed by atoms with Gasteiger partial charge in [-0.3, -0.25) is 0 Å². The number of ether oxygens (including phenoxy) is 2. The Labute approximate surface area is 69.4 Å². The average Bonchev–Trinajstić information content (AvgIpc) is 2.16. The van der Waals surface area contributed by atoms with Gasteiger partial charge >= 0.3 is 5.97 Å². The molecule has 5 heteroatoms. The van der Waals surface area contributed by atoms with Crippen LogP contribution < -0.4 is 4.74 Å². The minimum absolute atomic E-state index is 0.134. The van der Waals surface area contributed by atoms with E-state index in [0.717, 1.165) is 0 Å². The number of esters is 1. The lowest BCUT2D eigenvalue weighted by Crippen LogP contribution is -2.06. The predicted molar refractivity (Wildman–Crippen MR) is 39.9 cm³/mol. The highest BCUT2D eigenvalue weighted by molar-refractivity contribution is 5.89. The third-order valence-corrected chi connectivity index (χ3v) is 1.28. The lowest BCUT2D eigenvalue weighted by Gasteiger charge is -2.02. The Morgan fingerprint density at radius 1 is 1.50 bits per heavy atom. The summed E-state index contributed by atoms with van der Waals surface area (Å²) in [6.45, 7) is 0. The maximum atomic E-state index is 11.0. The summed E-state index contributed by atoms with van der Waals surface area (Å²) >= 11 is 0. The SMILES string of the molecule is COC(=O)c1ncncc1OC. The Morgan fingerprint density at radius 3 is 2.83 bits per heavy atom. The molecule has 0 atom stereocenters. The van der Waals surface area contributed by atoms with Crippen LogP contribution >= 0.6 is 0 Å². The summed E-state index contributed by atoms with van der Waals surface area (Å²) in [5.74, 6) is -0.224. The van der Waals surface area contributed by atoms with Crippen molar-refractivity contribution in [2.75, 3.05) is 14.2 Å². The van der Waals surface area contributed by atoms with Crippen molar-refractivity contribution in [3.63, 3.8) is 0 Å². The summed E-state index contributed by atoms with van der Waals surface area (Å²) in [6, 6.07) is 0. The summed E-state index contributed by atoms with van der Waals surface area (Å²) in [6.07, 6.45) is 2.66. The molecule has 5 nitrogen and oxygen atoms in total. The Hall–Kier alpha value is -1.65. The maximum Gasteiger partial charge on any atom is 0.360 e. The zero-order chi connectivity index (χ0) is 8.97. The highest BCUT2D eigenvalue weighted by Gasteiger charge is 2.13. The topological polar surface area (TPSA) is 61.3 Å². The van der Waals surface area contributed by atoms with Crippen LogP contribution in [-0.4, -0.2) is 30.2 Å². The highest BCUT2D eigenvalue weighted by Crippen LogP contribution is 2.13. The van der Waals surface area contributed by atoms with E-state index in [1.54, 1.807) is 0 Å². The molecule has 1 rings (SSSR count). The molecule has 64 valence electrons. The first kappa shape index (κ1) is 8.45. The lowest BCUT2D eigenvalue weighted by atomic mass is 10.4. The first-order valence-corrected chi connectivity index (χ1v) is 3.22. The fourth-order valence-electron chi connectivity index (χ4n) is 0.716. The Kier molecular flexibility index (Phi) is 2.57. The van der Waals surface area contributed by atoms with Crippen LogP contribution in [0.25, 0.3) is 0 Å². The van der Waals surface area contributed by atoms with Crippen molar-refractivity contribution in [2.24, 2.45) is 0 Å². The Balaban J connectivity index is 3.04. The van der Waals surface area contributed by atoms with Crippen LogP contribution in [0.5, 0.6) is 5.75 Å². The van der Waals surface area contributed by atoms with Crippen molar-refractivity contribution in [3.05, 3.63) is 18.2 Å². The largest absolute Gasteiger partial charge is 0.493 e. The molecule has 0 spiro atoms. The first-order chi connectivity index (χ1) is 5.79. The molecule has 0 fully saturated rings. The maximum absolute atomic E-state index is 11.0. The van der Waals surface area contributed by atoms with E-state index in [9.17, 15) is 4.79 Å². The normalized spacial score (nSPS) is 9.17. The molecule has 1 aromatic rings. The molecule has 0 radical (unpaired) electrons. The molecule has 0 amide bonds. The number of aromatic nitrogens is 2. The smallest absolute Gasteiger partial charge is 0.360 e. The first-order valence-electron chi connectivity index (χ1n) is 3.22. The van der Waals surface area contributed by atoms with E-state index in [4.69, 9.17) is 4.74 Å². The number of hydrogen-bond acceptors (Lipinski definition) is 5. The molecule has 0 unspecified atom stereocenters. The van der Waals surface area contributed by atoms with Crippen molar-refractivity contribution >= 4 is 5.97 Å². The van der Waals surface area contributed by atoms with Crippen LogP contribution in [0.4, 0.5) is 0 Å². The zero-order valence-corrected chi connectivity index (χ0v) is 6.77. The monoisotopic (exact) mass is 168 g/mol. The van der Waals surface area contributed by atoms with Crippen molar-refractivity contribution in [3.8, 4) is 5.75 Å². The molecular weight excluding hydrogens is 160 g/mol. The minimum Gasteiger partial charge on any atom is -0.493 e. The number of hydrogen-bond donors (Lipinski definition) is 0. The second kappa shape index (κ2) is 3.66. The third kappa shape index (κ3) is 1.50. The summed E-state index contributed by atoms with van der Waals surface area (Å²) < 4.78 is 9.31. The molecule has 0 aliphatic heterocycles. The summed E-state index contributed by atoms with van der Waals surface area (Å²) in [5, 5.41) is 0. The van der Waals surface area contributed by atoms with E-state index in [0.29, 0.717) is 5.75 Å². The van der Waals surface area contributed by atoms with Gasteiger partial charge in [0.25, 0.3) is 0 Å². The molecule has 1 aromatic heterocycles. The fourth-order valence-corrected chi connectivity index (χ4v) is 0.716. The number of carbonyl (C=O) groups excluding carboxylic acids is 1. The van der Waals surface area contributed by atoms with Crippen molar-refractivity contribution in [2.45, 2.75) is 0 Å².